The fourth-order valence-electron chi connectivity index (χ4n) is 0.415. The van der Waals surface area contributed by atoms with E-state index in [0.717, 1.165) is 6.42 Å². The lowest BCUT2D eigenvalue weighted by molar-refractivity contribution is 0.0697. The predicted octanol–water partition coefficient (Wildman–Crippen LogP) is -1.11. The first-order valence-corrected chi connectivity index (χ1v) is 6.51. The van der Waals surface area contributed by atoms with Crippen LogP contribution < -0.4 is 5.73 Å². The summed E-state index contributed by atoms with van der Waals surface area (Å²) < 4.78 is 4.44. The zero-order chi connectivity index (χ0) is 13.9. The van der Waals surface area contributed by atoms with Gasteiger partial charge < -0.3 is 35.4 Å². The monoisotopic (exact) mass is 293 g/mol. The van der Waals surface area contributed by atoms with Gasteiger partial charge in [-0.1, -0.05) is 6.92 Å². The Bertz CT molecular complexity index is 164. The first kappa shape index (κ1) is 19.8. The minimum atomic E-state index is -2.22. The fourth-order valence-corrected chi connectivity index (χ4v) is 0.880. The van der Waals surface area contributed by atoms with Gasteiger partial charge >= 0.3 is 8.60 Å². The number of aliphatic hydroxyl groups is 3. The van der Waals surface area contributed by atoms with Crippen LogP contribution in [0.3, 0.4) is 0 Å². The van der Waals surface area contributed by atoms with Gasteiger partial charge in [-0.05, 0) is 6.42 Å². The smallest absolute Gasteiger partial charge is 0.327 e. The number of alkyl halides is 1. The molecule has 9 heteroatoms. The first-order valence-electron chi connectivity index (χ1n) is 4.91. The molecule has 0 aromatic heterocycles. The van der Waals surface area contributed by atoms with Gasteiger partial charge in [0.15, 0.2) is 0 Å². The summed E-state index contributed by atoms with van der Waals surface area (Å²) in [6, 6.07) is 0. The third-order valence-corrected chi connectivity index (χ3v) is 2.57. The molecule has 0 radical (unpaired) electrons. The van der Waals surface area contributed by atoms with Gasteiger partial charge in [0.25, 0.3) is 0 Å². The number of nitrogens with two attached hydrogens (primary N) is 1. The molecule has 0 bridgehead atoms. The molecule has 106 valence electrons. The van der Waals surface area contributed by atoms with Crippen molar-refractivity contribution >= 4 is 20.2 Å². The molecule has 0 aliphatic carbocycles. The Kier molecular flexibility index (Phi) is 13.4. The molecule has 17 heavy (non-hydrogen) atoms. The Hall–Kier alpha value is 0.440. The SMILES string of the molecule is CCC(Cl)COP(O)O.NC(CO)(CO)CO. The molecule has 0 amide bonds. The van der Waals surface area contributed by atoms with Crippen LogP contribution in [0.4, 0.5) is 0 Å². The molecule has 0 aromatic rings. The average molecular weight is 294 g/mol. The Morgan fingerprint density at radius 1 is 1.24 bits per heavy atom. The summed E-state index contributed by atoms with van der Waals surface area (Å²) in [5, 5.41) is 24.9. The van der Waals surface area contributed by atoms with E-state index in [9.17, 15) is 0 Å². The largest absolute Gasteiger partial charge is 0.394 e. The number of halogens is 1. The van der Waals surface area contributed by atoms with Crippen molar-refractivity contribution in [3.63, 3.8) is 0 Å². The topological polar surface area (TPSA) is 136 Å². The molecule has 0 aliphatic rings. The summed E-state index contributed by atoms with van der Waals surface area (Å²) in [5.74, 6) is 0. The number of hydrogen-bond acceptors (Lipinski definition) is 7. The van der Waals surface area contributed by atoms with Gasteiger partial charge in [0.2, 0.25) is 0 Å². The van der Waals surface area contributed by atoms with Crippen molar-refractivity contribution in [3.05, 3.63) is 0 Å². The summed E-state index contributed by atoms with van der Waals surface area (Å²) in [6.07, 6.45) is 0.769. The van der Waals surface area contributed by atoms with Crippen LogP contribution in [0.25, 0.3) is 0 Å². The van der Waals surface area contributed by atoms with Crippen LogP contribution in [0.1, 0.15) is 13.3 Å². The van der Waals surface area contributed by atoms with Crippen LogP contribution in [0.15, 0.2) is 0 Å². The molecule has 7 N–H and O–H groups in total. The van der Waals surface area contributed by atoms with Crippen molar-refractivity contribution in [1.82, 2.24) is 0 Å². The molecule has 1 unspecified atom stereocenters. The summed E-state index contributed by atoms with van der Waals surface area (Å²) in [5.41, 5.74) is 3.94. The van der Waals surface area contributed by atoms with Gasteiger partial charge in [0.05, 0.1) is 37.3 Å². The lowest BCUT2D eigenvalue weighted by atomic mass is 10.1. The van der Waals surface area contributed by atoms with Gasteiger partial charge in [0.1, 0.15) is 0 Å². The number of hydrogen-bond donors (Lipinski definition) is 6. The second kappa shape index (κ2) is 11.5. The molecule has 0 heterocycles. The molecule has 0 aromatic carbocycles. The van der Waals surface area contributed by atoms with Crippen molar-refractivity contribution in [2.24, 2.45) is 5.73 Å². The fraction of sp³-hybridized carbons (Fsp3) is 1.00. The average Bonchev–Trinajstić information content (AvgIpc) is 2.35. The minimum absolute atomic E-state index is 0.116. The van der Waals surface area contributed by atoms with E-state index in [1.807, 2.05) is 6.92 Å². The summed E-state index contributed by atoms with van der Waals surface area (Å²) in [6.45, 7) is 0.898. The Morgan fingerprint density at radius 2 is 1.65 bits per heavy atom. The predicted molar refractivity (Wildman–Crippen MR) is 65.4 cm³/mol. The highest BCUT2D eigenvalue weighted by Crippen LogP contribution is 2.25. The van der Waals surface area contributed by atoms with Crippen molar-refractivity contribution in [2.45, 2.75) is 24.3 Å². The van der Waals surface area contributed by atoms with E-state index >= 15 is 0 Å². The van der Waals surface area contributed by atoms with E-state index in [1.165, 1.54) is 0 Å². The van der Waals surface area contributed by atoms with E-state index in [1.54, 1.807) is 0 Å². The molecule has 0 fully saturated rings. The van der Waals surface area contributed by atoms with Gasteiger partial charge in [-0.2, -0.15) is 0 Å². The second-order valence-electron chi connectivity index (χ2n) is 3.39. The lowest BCUT2D eigenvalue weighted by Crippen LogP contribution is -2.50. The molecule has 0 saturated carbocycles. The molecule has 7 nitrogen and oxygen atoms in total. The van der Waals surface area contributed by atoms with E-state index in [4.69, 9.17) is 42.4 Å². The lowest BCUT2D eigenvalue weighted by Gasteiger charge is -2.20. The van der Waals surface area contributed by atoms with Gasteiger partial charge in [0, 0.05) is 0 Å². The maximum atomic E-state index is 8.34. The summed E-state index contributed by atoms with van der Waals surface area (Å²) in [4.78, 5) is 16.5. The zero-order valence-electron chi connectivity index (χ0n) is 9.66. The van der Waals surface area contributed by atoms with E-state index < -0.39 is 34.0 Å². The molecule has 0 aliphatic heterocycles. The highest BCUT2D eigenvalue weighted by Gasteiger charge is 2.20. The van der Waals surface area contributed by atoms with Gasteiger partial charge in [-0.15, -0.1) is 11.6 Å². The van der Waals surface area contributed by atoms with Gasteiger partial charge in [-0.3, -0.25) is 0 Å². The number of rotatable bonds is 7. The zero-order valence-corrected chi connectivity index (χ0v) is 11.3. The second-order valence-corrected chi connectivity index (χ2v) is 4.77. The van der Waals surface area contributed by atoms with Crippen LogP contribution in [0, 0.1) is 0 Å². The molecular weight excluding hydrogens is 273 g/mol. The Balaban J connectivity index is 0. The van der Waals surface area contributed by atoms with Crippen LogP contribution in [-0.2, 0) is 4.52 Å². The van der Waals surface area contributed by atoms with Crippen molar-refractivity contribution in [1.29, 1.82) is 0 Å². The minimum Gasteiger partial charge on any atom is -0.394 e. The Labute approximate surface area is 107 Å². The third kappa shape index (κ3) is 12.7. The quantitative estimate of drug-likeness (QED) is 0.259. The van der Waals surface area contributed by atoms with Crippen LogP contribution >= 0.6 is 20.2 Å². The van der Waals surface area contributed by atoms with E-state index in [0.29, 0.717) is 0 Å². The van der Waals surface area contributed by atoms with E-state index in [2.05, 4.69) is 4.52 Å². The van der Waals surface area contributed by atoms with Crippen molar-refractivity contribution < 1.29 is 29.6 Å². The standard InChI is InChI=1S/C4H10ClO3P.C4H11NO3/c1-2-4(5)3-8-9(6)7;5-4(1-6,2-7)3-8/h4,6-7H,2-3H2,1H3;6-8H,1-3,5H2. The summed E-state index contributed by atoms with van der Waals surface area (Å²) in [7, 11) is -2.22. The van der Waals surface area contributed by atoms with Crippen LogP contribution in [0.2, 0.25) is 0 Å². The van der Waals surface area contributed by atoms with Crippen molar-refractivity contribution in [3.8, 4) is 0 Å². The highest BCUT2D eigenvalue weighted by molar-refractivity contribution is 7.39. The first-order chi connectivity index (χ1) is 7.85. The summed E-state index contributed by atoms with van der Waals surface area (Å²) >= 11 is 5.57. The third-order valence-electron chi connectivity index (χ3n) is 1.76. The molecule has 0 rings (SSSR count). The van der Waals surface area contributed by atoms with E-state index in [-0.39, 0.29) is 12.0 Å². The highest BCUT2D eigenvalue weighted by atomic mass is 35.5. The molecule has 0 spiro atoms. The van der Waals surface area contributed by atoms with Crippen LogP contribution in [-0.4, -0.2) is 62.4 Å². The van der Waals surface area contributed by atoms with Crippen molar-refractivity contribution in [2.75, 3.05) is 26.4 Å². The normalized spacial score (nSPS) is 13.2. The molecule has 1 atom stereocenters. The number of aliphatic hydroxyl groups excluding tert-OH is 3. The van der Waals surface area contributed by atoms with Gasteiger partial charge in [-0.25, -0.2) is 0 Å². The molecule has 0 saturated heterocycles. The molecular formula is C8H21ClNO6P. The maximum absolute atomic E-state index is 8.34. The Morgan fingerprint density at radius 3 is 1.82 bits per heavy atom. The maximum Gasteiger partial charge on any atom is 0.327 e. The van der Waals surface area contributed by atoms with Crippen LogP contribution in [0.5, 0.6) is 0 Å².